The van der Waals surface area contributed by atoms with E-state index in [0.717, 1.165) is 10.9 Å². The van der Waals surface area contributed by atoms with Gasteiger partial charge in [-0.2, -0.15) is 0 Å². The Kier molecular flexibility index (Phi) is 7.66. The van der Waals surface area contributed by atoms with E-state index >= 15 is 0 Å². The third kappa shape index (κ3) is 4.91. The number of ether oxygens (including phenoxy) is 1. The summed E-state index contributed by atoms with van der Waals surface area (Å²) in [6, 6.07) is 6.32. The summed E-state index contributed by atoms with van der Waals surface area (Å²) in [5.74, 6) is 0.121. The van der Waals surface area contributed by atoms with E-state index in [2.05, 4.69) is 22.4 Å². The van der Waals surface area contributed by atoms with Crippen LogP contribution in [-0.4, -0.2) is 48.0 Å². The van der Waals surface area contributed by atoms with Gasteiger partial charge in [-0.1, -0.05) is 25.3 Å². The molecule has 0 aliphatic heterocycles. The zero-order chi connectivity index (χ0) is 21.5. The average molecular weight is 412 g/mol. The number of hydrogen-bond donors (Lipinski definition) is 1. The number of nitrogens with one attached hydrogen (secondary N) is 1. The zero-order valence-electron chi connectivity index (χ0n) is 18.4. The van der Waals surface area contributed by atoms with Crippen molar-refractivity contribution in [2.45, 2.75) is 58.8 Å². The largest absolute Gasteiger partial charge is 0.462 e. The lowest BCUT2D eigenvalue weighted by molar-refractivity contribution is -0.128. The van der Waals surface area contributed by atoms with E-state index < -0.39 is 5.97 Å². The summed E-state index contributed by atoms with van der Waals surface area (Å²) in [6.07, 6.45) is 7.75. The number of amides is 1. The average Bonchev–Trinajstić information content (AvgIpc) is 2.78. The second-order valence-corrected chi connectivity index (χ2v) is 7.80. The summed E-state index contributed by atoms with van der Waals surface area (Å²) < 4.78 is 5.25. The van der Waals surface area contributed by atoms with Crippen LogP contribution in [0.25, 0.3) is 10.9 Å². The van der Waals surface area contributed by atoms with Gasteiger partial charge in [0.25, 0.3) is 0 Å². The molecule has 162 valence electrons. The van der Waals surface area contributed by atoms with Gasteiger partial charge in [0.2, 0.25) is 5.91 Å². The first-order chi connectivity index (χ1) is 14.6. The van der Waals surface area contributed by atoms with Gasteiger partial charge in [0.15, 0.2) is 0 Å². The van der Waals surface area contributed by atoms with Crippen molar-refractivity contribution < 1.29 is 14.3 Å². The van der Waals surface area contributed by atoms with Gasteiger partial charge in [0, 0.05) is 24.7 Å². The maximum absolute atomic E-state index is 12.6. The van der Waals surface area contributed by atoms with Crippen LogP contribution in [0, 0.1) is 0 Å². The van der Waals surface area contributed by atoms with Crippen LogP contribution in [0.2, 0.25) is 0 Å². The lowest BCUT2D eigenvalue weighted by Gasteiger charge is -2.23. The highest BCUT2D eigenvalue weighted by atomic mass is 16.5. The van der Waals surface area contributed by atoms with E-state index in [9.17, 15) is 9.59 Å². The summed E-state index contributed by atoms with van der Waals surface area (Å²) in [4.78, 5) is 31.4. The molecule has 2 aromatic rings. The van der Waals surface area contributed by atoms with Gasteiger partial charge in [0.05, 0.1) is 24.4 Å². The minimum Gasteiger partial charge on any atom is -0.462 e. The summed E-state index contributed by atoms with van der Waals surface area (Å²) in [5.41, 5.74) is 3.10. The highest BCUT2D eigenvalue weighted by Crippen LogP contribution is 2.36. The number of anilines is 1. The van der Waals surface area contributed by atoms with Gasteiger partial charge >= 0.3 is 5.97 Å². The fourth-order valence-corrected chi connectivity index (χ4v) is 4.31. The minimum absolute atomic E-state index is 0.00297. The maximum Gasteiger partial charge on any atom is 0.341 e. The fourth-order valence-electron chi connectivity index (χ4n) is 4.31. The molecule has 0 unspecified atom stereocenters. The van der Waals surface area contributed by atoms with Crippen molar-refractivity contribution >= 4 is 28.5 Å². The second kappa shape index (κ2) is 10.4. The van der Waals surface area contributed by atoms with Crippen LogP contribution in [0.1, 0.15) is 74.7 Å². The first-order valence-electron chi connectivity index (χ1n) is 11.2. The monoisotopic (exact) mass is 411 g/mol. The molecule has 1 aliphatic rings. The van der Waals surface area contributed by atoms with Crippen molar-refractivity contribution in [3.05, 3.63) is 35.5 Å². The van der Waals surface area contributed by atoms with E-state index in [4.69, 9.17) is 4.74 Å². The molecule has 0 saturated heterocycles. The summed E-state index contributed by atoms with van der Waals surface area (Å²) in [7, 11) is 0. The van der Waals surface area contributed by atoms with Crippen LogP contribution >= 0.6 is 0 Å². The van der Waals surface area contributed by atoms with E-state index in [1.54, 1.807) is 18.0 Å². The Labute approximate surface area is 179 Å². The van der Waals surface area contributed by atoms with Crippen LogP contribution in [-0.2, 0) is 9.53 Å². The topological polar surface area (TPSA) is 71.5 Å². The zero-order valence-corrected chi connectivity index (χ0v) is 18.4. The molecule has 0 spiro atoms. The second-order valence-electron chi connectivity index (χ2n) is 7.80. The first kappa shape index (κ1) is 22.1. The lowest BCUT2D eigenvalue weighted by atomic mass is 9.83. The Balaban J connectivity index is 2.00. The van der Waals surface area contributed by atoms with Crippen molar-refractivity contribution in [1.29, 1.82) is 0 Å². The molecule has 0 atom stereocenters. The molecule has 1 amide bonds. The van der Waals surface area contributed by atoms with Gasteiger partial charge in [-0.3, -0.25) is 9.78 Å². The van der Waals surface area contributed by atoms with Crippen molar-refractivity contribution in [3.8, 4) is 0 Å². The number of nitrogens with zero attached hydrogens (tertiary/aromatic N) is 2. The summed E-state index contributed by atoms with van der Waals surface area (Å²) in [5, 5.41) is 4.11. The molecule has 1 aliphatic carbocycles. The van der Waals surface area contributed by atoms with E-state index in [0.29, 0.717) is 30.3 Å². The summed E-state index contributed by atoms with van der Waals surface area (Å²) in [6.45, 7) is 7.44. The van der Waals surface area contributed by atoms with E-state index in [1.807, 2.05) is 19.9 Å². The number of aromatic nitrogens is 1. The number of fused-ring (bicyclic) bond motifs is 1. The summed E-state index contributed by atoms with van der Waals surface area (Å²) >= 11 is 0. The van der Waals surface area contributed by atoms with Crippen LogP contribution < -0.4 is 5.32 Å². The normalized spacial score (nSPS) is 14.5. The van der Waals surface area contributed by atoms with Crippen LogP contribution in [0.5, 0.6) is 0 Å². The number of benzene rings is 1. The highest BCUT2D eigenvalue weighted by molar-refractivity contribution is 6.05. The molecule has 6 nitrogen and oxygen atoms in total. The standard InChI is InChI=1S/C24H33N3O3/c1-4-27(5-2)22(28)16-26-23-19-14-18(17-10-8-7-9-11-17)12-13-21(19)25-15-20(23)24(29)30-6-3/h12-15,17H,4-11,16H2,1-3H3,(H,25,26). The molecule has 1 saturated carbocycles. The predicted octanol–water partition coefficient (Wildman–Crippen LogP) is 4.74. The lowest BCUT2D eigenvalue weighted by Crippen LogP contribution is -2.35. The number of carbonyl (C=O) groups excluding carboxylic acids is 2. The van der Waals surface area contributed by atoms with Crippen molar-refractivity contribution in [3.63, 3.8) is 0 Å². The fraction of sp³-hybridized carbons (Fsp3) is 0.542. The van der Waals surface area contributed by atoms with Crippen LogP contribution in [0.3, 0.4) is 0 Å². The molecule has 6 heteroatoms. The van der Waals surface area contributed by atoms with Gasteiger partial charge in [-0.15, -0.1) is 0 Å². The van der Waals surface area contributed by atoms with Gasteiger partial charge < -0.3 is 15.0 Å². The Morgan fingerprint density at radius 2 is 1.87 bits per heavy atom. The molecular formula is C24H33N3O3. The van der Waals surface area contributed by atoms with Crippen LogP contribution in [0.15, 0.2) is 24.4 Å². The SMILES string of the molecule is CCOC(=O)c1cnc2ccc(C3CCCCC3)cc2c1NCC(=O)N(CC)CC. The molecule has 1 aromatic heterocycles. The Hall–Kier alpha value is -2.63. The number of likely N-dealkylation sites (N-methyl/N-ethyl adjacent to an activating group) is 1. The molecule has 0 bridgehead atoms. The van der Waals surface area contributed by atoms with Gasteiger partial charge in [-0.05, 0) is 57.2 Å². The quantitative estimate of drug-likeness (QED) is 0.635. The number of carbonyl (C=O) groups is 2. The molecule has 3 rings (SSSR count). The smallest absolute Gasteiger partial charge is 0.341 e. The predicted molar refractivity (Wildman–Crippen MR) is 120 cm³/mol. The van der Waals surface area contributed by atoms with Crippen molar-refractivity contribution in [2.75, 3.05) is 31.6 Å². The molecule has 1 fully saturated rings. The number of rotatable bonds is 8. The number of esters is 1. The first-order valence-corrected chi connectivity index (χ1v) is 11.2. The third-order valence-electron chi connectivity index (χ3n) is 6.00. The maximum atomic E-state index is 12.6. The van der Waals surface area contributed by atoms with Crippen molar-refractivity contribution in [2.24, 2.45) is 0 Å². The molecule has 1 aromatic carbocycles. The molecule has 30 heavy (non-hydrogen) atoms. The minimum atomic E-state index is -0.423. The van der Waals surface area contributed by atoms with Crippen LogP contribution in [0.4, 0.5) is 5.69 Å². The van der Waals surface area contributed by atoms with E-state index in [-0.39, 0.29) is 19.1 Å². The Morgan fingerprint density at radius 3 is 2.53 bits per heavy atom. The van der Waals surface area contributed by atoms with Gasteiger partial charge in [-0.25, -0.2) is 4.79 Å². The van der Waals surface area contributed by atoms with Gasteiger partial charge in [0.1, 0.15) is 5.56 Å². The number of pyridine rings is 1. The molecule has 1 N–H and O–H groups in total. The van der Waals surface area contributed by atoms with Crippen molar-refractivity contribution in [1.82, 2.24) is 9.88 Å². The highest BCUT2D eigenvalue weighted by Gasteiger charge is 2.21. The molecule has 1 heterocycles. The van der Waals surface area contributed by atoms with E-state index in [1.165, 1.54) is 37.7 Å². The molecule has 0 radical (unpaired) electrons. The third-order valence-corrected chi connectivity index (χ3v) is 6.00. The Morgan fingerprint density at radius 1 is 1.13 bits per heavy atom. The molecular weight excluding hydrogens is 378 g/mol. The number of hydrogen-bond acceptors (Lipinski definition) is 5. The Bertz CT molecular complexity index is 887.